The third-order valence-electron chi connectivity index (χ3n) is 3.03. The highest BCUT2D eigenvalue weighted by atomic mass is 79.9. The zero-order valence-electron chi connectivity index (χ0n) is 10.4. The van der Waals surface area contributed by atoms with Crippen LogP contribution >= 0.6 is 27.3 Å². The fourth-order valence-electron chi connectivity index (χ4n) is 2.09. The van der Waals surface area contributed by atoms with Crippen LogP contribution in [0.5, 0.6) is 0 Å². The summed E-state index contributed by atoms with van der Waals surface area (Å²) in [5, 5.41) is 4.70. The number of hydrogen-bond donors (Lipinski definition) is 1. The van der Waals surface area contributed by atoms with E-state index in [-0.39, 0.29) is 6.04 Å². The minimum Gasteiger partial charge on any atom is -0.376 e. The fraction of sp³-hybridized carbons (Fsp3) is 0.133. The molecule has 0 saturated carbocycles. The number of pyridine rings is 1. The summed E-state index contributed by atoms with van der Waals surface area (Å²) in [6.45, 7) is 2.17. The van der Waals surface area contributed by atoms with Crippen molar-refractivity contribution in [2.75, 3.05) is 5.32 Å². The second-order valence-electron chi connectivity index (χ2n) is 4.39. The molecule has 1 N–H and O–H groups in total. The molecule has 1 atom stereocenters. The zero-order valence-corrected chi connectivity index (χ0v) is 12.8. The lowest BCUT2D eigenvalue weighted by Gasteiger charge is -2.15. The molecule has 0 aliphatic carbocycles. The van der Waals surface area contributed by atoms with E-state index in [2.05, 4.69) is 69.6 Å². The predicted molar refractivity (Wildman–Crippen MR) is 85.8 cm³/mol. The van der Waals surface area contributed by atoms with E-state index < -0.39 is 0 Å². The van der Waals surface area contributed by atoms with Crippen molar-refractivity contribution in [1.29, 1.82) is 0 Å². The molecule has 3 rings (SSSR count). The van der Waals surface area contributed by atoms with E-state index in [1.807, 2.05) is 12.3 Å². The molecule has 3 aromatic rings. The van der Waals surface area contributed by atoms with Gasteiger partial charge in [-0.05, 0) is 47.1 Å². The van der Waals surface area contributed by atoms with Gasteiger partial charge < -0.3 is 5.32 Å². The topological polar surface area (TPSA) is 24.9 Å². The van der Waals surface area contributed by atoms with Crippen LogP contribution in [0.1, 0.15) is 17.8 Å². The van der Waals surface area contributed by atoms with Gasteiger partial charge in [-0.15, -0.1) is 11.3 Å². The smallest absolute Gasteiger partial charge is 0.0933 e. The average Bonchev–Trinajstić information content (AvgIpc) is 2.86. The number of para-hydroxylation sites is 1. The molecule has 4 heteroatoms. The first-order valence-corrected chi connectivity index (χ1v) is 7.70. The van der Waals surface area contributed by atoms with Gasteiger partial charge in [0.2, 0.25) is 0 Å². The number of nitrogens with zero attached hydrogens (tertiary/aromatic N) is 1. The summed E-state index contributed by atoms with van der Waals surface area (Å²) in [6.07, 6.45) is 1.83. The molecule has 0 spiro atoms. The van der Waals surface area contributed by atoms with Gasteiger partial charge >= 0.3 is 0 Å². The molecule has 2 aromatic heterocycles. The van der Waals surface area contributed by atoms with E-state index >= 15 is 0 Å². The van der Waals surface area contributed by atoms with Crippen LogP contribution in [0.25, 0.3) is 10.9 Å². The monoisotopic (exact) mass is 332 g/mol. The van der Waals surface area contributed by atoms with Crippen LogP contribution in [0.2, 0.25) is 0 Å². The van der Waals surface area contributed by atoms with Gasteiger partial charge in [-0.1, -0.05) is 18.2 Å². The van der Waals surface area contributed by atoms with Crippen LogP contribution < -0.4 is 5.32 Å². The molecule has 19 heavy (non-hydrogen) atoms. The maximum atomic E-state index is 4.46. The Morgan fingerprint density at radius 2 is 2.00 bits per heavy atom. The van der Waals surface area contributed by atoms with Crippen molar-refractivity contribution < 1.29 is 0 Å². The van der Waals surface area contributed by atoms with Gasteiger partial charge in [0, 0.05) is 16.5 Å². The summed E-state index contributed by atoms with van der Waals surface area (Å²) in [6, 6.07) is 14.8. The Labute approximate surface area is 124 Å². The molecule has 0 saturated heterocycles. The molecular weight excluding hydrogens is 320 g/mol. The third-order valence-corrected chi connectivity index (χ3v) is 4.83. The fourth-order valence-corrected chi connectivity index (χ4v) is 3.51. The minimum atomic E-state index is 0.268. The van der Waals surface area contributed by atoms with E-state index in [1.54, 1.807) is 11.3 Å². The van der Waals surface area contributed by atoms with Crippen molar-refractivity contribution in [1.82, 2.24) is 4.98 Å². The zero-order chi connectivity index (χ0) is 13.2. The number of anilines is 1. The van der Waals surface area contributed by atoms with Crippen molar-refractivity contribution in [2.24, 2.45) is 0 Å². The van der Waals surface area contributed by atoms with Crippen molar-refractivity contribution >= 4 is 43.9 Å². The van der Waals surface area contributed by atoms with Crippen LogP contribution in [0.3, 0.4) is 0 Å². The second-order valence-corrected chi connectivity index (χ2v) is 6.88. The number of hydrogen-bond acceptors (Lipinski definition) is 3. The summed E-state index contributed by atoms with van der Waals surface area (Å²) in [4.78, 5) is 5.77. The normalized spacial score (nSPS) is 12.5. The predicted octanol–water partition coefficient (Wildman–Crippen LogP) is 5.23. The lowest BCUT2D eigenvalue weighted by molar-refractivity contribution is 0.909. The summed E-state index contributed by atoms with van der Waals surface area (Å²) >= 11 is 5.26. The van der Waals surface area contributed by atoms with Gasteiger partial charge in [-0.25, -0.2) is 0 Å². The molecular formula is C15H13BrN2S. The summed E-state index contributed by atoms with van der Waals surface area (Å²) < 4.78 is 1.16. The van der Waals surface area contributed by atoms with Gasteiger partial charge in [0.15, 0.2) is 0 Å². The second kappa shape index (κ2) is 5.31. The number of fused-ring (bicyclic) bond motifs is 1. The standard InChI is InChI=1S/C15H13BrN2S/c1-10(13-7-8-14(16)19-13)18-12-6-2-4-11-5-3-9-17-15(11)12/h2-10,18H,1H3. The maximum absolute atomic E-state index is 4.46. The molecule has 0 radical (unpaired) electrons. The van der Waals surface area contributed by atoms with E-state index in [0.29, 0.717) is 0 Å². The molecule has 0 bridgehead atoms. The van der Waals surface area contributed by atoms with Gasteiger partial charge in [0.05, 0.1) is 21.0 Å². The molecule has 0 aliphatic heterocycles. The van der Waals surface area contributed by atoms with Crippen LogP contribution in [-0.2, 0) is 0 Å². The number of rotatable bonds is 3. The molecule has 1 unspecified atom stereocenters. The van der Waals surface area contributed by atoms with E-state index in [9.17, 15) is 0 Å². The maximum Gasteiger partial charge on any atom is 0.0933 e. The quantitative estimate of drug-likeness (QED) is 0.710. The SMILES string of the molecule is CC(Nc1cccc2cccnc12)c1ccc(Br)s1. The number of benzene rings is 1. The lowest BCUT2D eigenvalue weighted by Crippen LogP contribution is -2.05. The first-order chi connectivity index (χ1) is 9.24. The molecule has 0 amide bonds. The van der Waals surface area contributed by atoms with Crippen LogP contribution in [-0.4, -0.2) is 4.98 Å². The molecule has 2 heterocycles. The highest BCUT2D eigenvalue weighted by Crippen LogP contribution is 2.30. The van der Waals surface area contributed by atoms with Crippen molar-refractivity contribution in [3.8, 4) is 0 Å². The highest BCUT2D eigenvalue weighted by Gasteiger charge is 2.10. The number of nitrogens with one attached hydrogen (secondary N) is 1. The molecule has 0 fully saturated rings. The van der Waals surface area contributed by atoms with E-state index in [1.165, 1.54) is 4.88 Å². The third kappa shape index (κ3) is 2.65. The molecule has 96 valence electrons. The lowest BCUT2D eigenvalue weighted by atomic mass is 10.1. The number of thiophene rings is 1. The van der Waals surface area contributed by atoms with Gasteiger partial charge in [0.25, 0.3) is 0 Å². The Hall–Kier alpha value is -1.39. The van der Waals surface area contributed by atoms with E-state index in [0.717, 1.165) is 20.4 Å². The molecule has 2 nitrogen and oxygen atoms in total. The Kier molecular flexibility index (Phi) is 3.53. The van der Waals surface area contributed by atoms with E-state index in [4.69, 9.17) is 0 Å². The van der Waals surface area contributed by atoms with Crippen molar-refractivity contribution in [2.45, 2.75) is 13.0 Å². The number of halogens is 1. The molecule has 0 aliphatic rings. The van der Waals surface area contributed by atoms with Gasteiger partial charge in [0.1, 0.15) is 0 Å². The Balaban J connectivity index is 1.93. The van der Waals surface area contributed by atoms with Crippen molar-refractivity contribution in [3.63, 3.8) is 0 Å². The van der Waals surface area contributed by atoms with Gasteiger partial charge in [-0.2, -0.15) is 0 Å². The van der Waals surface area contributed by atoms with Crippen molar-refractivity contribution in [3.05, 3.63) is 57.3 Å². The largest absolute Gasteiger partial charge is 0.376 e. The van der Waals surface area contributed by atoms with Gasteiger partial charge in [-0.3, -0.25) is 4.98 Å². The van der Waals surface area contributed by atoms with Crippen LogP contribution in [0, 0.1) is 0 Å². The Morgan fingerprint density at radius 3 is 2.79 bits per heavy atom. The average molecular weight is 333 g/mol. The first kappa shape index (κ1) is 12.6. The van der Waals surface area contributed by atoms with Crippen LogP contribution in [0.4, 0.5) is 5.69 Å². The minimum absolute atomic E-state index is 0.268. The van der Waals surface area contributed by atoms with Crippen LogP contribution in [0.15, 0.2) is 52.4 Å². The first-order valence-electron chi connectivity index (χ1n) is 6.09. The number of aromatic nitrogens is 1. The Morgan fingerprint density at radius 1 is 1.16 bits per heavy atom. The summed E-state index contributed by atoms with van der Waals surface area (Å²) in [5.41, 5.74) is 2.10. The molecule has 1 aromatic carbocycles. The highest BCUT2D eigenvalue weighted by molar-refractivity contribution is 9.11. The summed E-state index contributed by atoms with van der Waals surface area (Å²) in [5.74, 6) is 0. The Bertz CT molecular complexity index is 703. The summed E-state index contributed by atoms with van der Waals surface area (Å²) in [7, 11) is 0.